The fourth-order valence-electron chi connectivity index (χ4n) is 3.08. The summed E-state index contributed by atoms with van der Waals surface area (Å²) in [6.45, 7) is 1.95. The Balaban J connectivity index is 2.04. The van der Waals surface area contributed by atoms with Gasteiger partial charge in [-0.2, -0.15) is 0 Å². The van der Waals surface area contributed by atoms with Crippen LogP contribution in [0.25, 0.3) is 5.57 Å². The number of allylic oxidation sites excluding steroid dienone is 2. The molecule has 0 radical (unpaired) electrons. The van der Waals surface area contributed by atoms with E-state index in [-0.39, 0.29) is 18.3 Å². The van der Waals surface area contributed by atoms with Crippen molar-refractivity contribution in [3.05, 3.63) is 65.1 Å². The van der Waals surface area contributed by atoms with E-state index in [2.05, 4.69) is 0 Å². The first kappa shape index (κ1) is 16.5. The van der Waals surface area contributed by atoms with Gasteiger partial charge in [0.1, 0.15) is 11.7 Å². The van der Waals surface area contributed by atoms with Crippen molar-refractivity contribution in [3.8, 4) is 0 Å². The quantitative estimate of drug-likeness (QED) is 0.614. The Hall–Kier alpha value is -2.33. The smallest absolute Gasteiger partial charge is 0.317 e. The van der Waals surface area contributed by atoms with E-state index >= 15 is 0 Å². The third-order valence-corrected chi connectivity index (χ3v) is 4.49. The number of esters is 1. The minimum absolute atomic E-state index is 0.229. The molecule has 0 bridgehead atoms. The molecule has 0 spiro atoms. The van der Waals surface area contributed by atoms with Crippen LogP contribution in [-0.4, -0.2) is 18.4 Å². The second kappa shape index (κ2) is 7.05. The summed E-state index contributed by atoms with van der Waals surface area (Å²) in [5.74, 6) is -1.43. The summed E-state index contributed by atoms with van der Waals surface area (Å²) < 4.78 is 10.5. The molecule has 1 aromatic heterocycles. The van der Waals surface area contributed by atoms with Crippen LogP contribution >= 0.6 is 11.6 Å². The second-order valence-electron chi connectivity index (χ2n) is 5.61. The van der Waals surface area contributed by atoms with Gasteiger partial charge in [0.15, 0.2) is 5.78 Å². The van der Waals surface area contributed by atoms with E-state index < -0.39 is 11.9 Å². The Morgan fingerprint density at radius 1 is 1.29 bits per heavy atom. The van der Waals surface area contributed by atoms with Crippen molar-refractivity contribution in [2.45, 2.75) is 19.3 Å². The van der Waals surface area contributed by atoms with Crippen LogP contribution in [0.1, 0.15) is 30.6 Å². The maximum atomic E-state index is 12.6. The number of ketones is 1. The van der Waals surface area contributed by atoms with E-state index in [4.69, 9.17) is 20.8 Å². The second-order valence-corrected chi connectivity index (χ2v) is 6.02. The minimum Gasteiger partial charge on any atom is -0.465 e. The molecule has 0 saturated carbocycles. The number of furan rings is 1. The molecule has 1 aliphatic rings. The topological polar surface area (TPSA) is 56.5 Å². The van der Waals surface area contributed by atoms with E-state index in [1.54, 1.807) is 31.4 Å². The molecule has 0 aliphatic heterocycles. The third-order valence-electron chi connectivity index (χ3n) is 4.15. The molecule has 0 fully saturated rings. The number of hydrogen-bond donors (Lipinski definition) is 0. The highest BCUT2D eigenvalue weighted by Gasteiger charge is 2.40. The molecule has 5 heteroatoms. The molecule has 3 rings (SSSR count). The zero-order chi connectivity index (χ0) is 17.1. The first-order valence-electron chi connectivity index (χ1n) is 7.81. The highest BCUT2D eigenvalue weighted by molar-refractivity contribution is 6.31. The van der Waals surface area contributed by atoms with Gasteiger partial charge in [-0.05, 0) is 48.8 Å². The Kier molecular flexibility index (Phi) is 4.86. The summed E-state index contributed by atoms with van der Waals surface area (Å²) >= 11 is 6.32. The highest BCUT2D eigenvalue weighted by Crippen LogP contribution is 2.42. The van der Waals surface area contributed by atoms with Gasteiger partial charge in [-0.3, -0.25) is 9.59 Å². The first-order valence-corrected chi connectivity index (χ1v) is 8.19. The number of rotatable bonds is 4. The van der Waals surface area contributed by atoms with Crippen molar-refractivity contribution in [1.29, 1.82) is 0 Å². The molecule has 2 atom stereocenters. The van der Waals surface area contributed by atoms with Gasteiger partial charge in [0.05, 0.1) is 12.9 Å². The lowest BCUT2D eigenvalue weighted by Crippen LogP contribution is -2.34. The van der Waals surface area contributed by atoms with Gasteiger partial charge >= 0.3 is 5.97 Å². The molecular weight excluding hydrogens is 328 g/mol. The highest BCUT2D eigenvalue weighted by atomic mass is 35.5. The van der Waals surface area contributed by atoms with E-state index in [0.717, 1.165) is 11.1 Å². The number of hydrogen-bond acceptors (Lipinski definition) is 4. The zero-order valence-corrected chi connectivity index (χ0v) is 14.0. The van der Waals surface area contributed by atoms with Crippen molar-refractivity contribution in [2.75, 3.05) is 6.61 Å². The van der Waals surface area contributed by atoms with Gasteiger partial charge in [-0.1, -0.05) is 29.8 Å². The Bertz CT molecular complexity index is 776. The first-order chi connectivity index (χ1) is 11.6. The molecule has 24 heavy (non-hydrogen) atoms. The van der Waals surface area contributed by atoms with Crippen molar-refractivity contribution >= 4 is 28.9 Å². The fourth-order valence-corrected chi connectivity index (χ4v) is 3.36. The maximum Gasteiger partial charge on any atom is 0.317 e. The van der Waals surface area contributed by atoms with Crippen LogP contribution in [0.3, 0.4) is 0 Å². The molecule has 2 aromatic rings. The van der Waals surface area contributed by atoms with Crippen molar-refractivity contribution in [3.63, 3.8) is 0 Å². The molecule has 0 amide bonds. The van der Waals surface area contributed by atoms with Gasteiger partial charge in [0.25, 0.3) is 0 Å². The average Bonchev–Trinajstić information content (AvgIpc) is 3.09. The van der Waals surface area contributed by atoms with Crippen LogP contribution in [0.4, 0.5) is 0 Å². The number of benzene rings is 1. The molecular formula is C19H17ClO4. The summed E-state index contributed by atoms with van der Waals surface area (Å²) in [4.78, 5) is 25.0. The Morgan fingerprint density at radius 3 is 2.75 bits per heavy atom. The van der Waals surface area contributed by atoms with Crippen LogP contribution < -0.4 is 0 Å². The standard InChI is InChI=1S/C19H17ClO4/c1-2-23-19(22)18-14(13-6-3-4-7-15(13)20)10-12(11-16(18)21)17-8-5-9-24-17/h3-9,11,14,18H,2,10H2,1H3. The molecule has 0 N–H and O–H groups in total. The zero-order valence-electron chi connectivity index (χ0n) is 13.2. The Labute approximate surface area is 145 Å². The molecule has 1 heterocycles. The van der Waals surface area contributed by atoms with Gasteiger partial charge < -0.3 is 9.15 Å². The van der Waals surface area contributed by atoms with Crippen LogP contribution in [-0.2, 0) is 14.3 Å². The van der Waals surface area contributed by atoms with E-state index in [1.807, 2.05) is 18.2 Å². The number of halogens is 1. The minimum atomic E-state index is -0.886. The number of carbonyl (C=O) groups is 2. The van der Waals surface area contributed by atoms with Crippen LogP contribution in [0.2, 0.25) is 5.02 Å². The van der Waals surface area contributed by atoms with Crippen LogP contribution in [0.5, 0.6) is 0 Å². The largest absolute Gasteiger partial charge is 0.465 e. The third kappa shape index (κ3) is 3.15. The molecule has 1 aliphatic carbocycles. The van der Waals surface area contributed by atoms with Crippen molar-refractivity contribution in [1.82, 2.24) is 0 Å². The normalized spacial score (nSPS) is 20.6. The predicted molar refractivity (Wildman–Crippen MR) is 90.6 cm³/mol. The summed E-state index contributed by atoms with van der Waals surface area (Å²) in [6.07, 6.45) is 3.52. The summed E-state index contributed by atoms with van der Waals surface area (Å²) in [5, 5.41) is 0.533. The summed E-state index contributed by atoms with van der Waals surface area (Å²) in [5.41, 5.74) is 1.53. The fraction of sp³-hybridized carbons (Fsp3) is 0.263. The van der Waals surface area contributed by atoms with Gasteiger partial charge in [-0.25, -0.2) is 0 Å². The molecule has 2 unspecified atom stereocenters. The number of carbonyl (C=O) groups excluding carboxylic acids is 2. The molecule has 0 saturated heterocycles. The molecule has 4 nitrogen and oxygen atoms in total. The van der Waals surface area contributed by atoms with Crippen LogP contribution in [0.15, 0.2) is 53.2 Å². The van der Waals surface area contributed by atoms with Gasteiger partial charge in [-0.15, -0.1) is 0 Å². The summed E-state index contributed by atoms with van der Waals surface area (Å²) in [6, 6.07) is 10.8. The Morgan fingerprint density at radius 2 is 2.08 bits per heavy atom. The SMILES string of the molecule is CCOC(=O)C1C(=O)C=C(c2ccco2)CC1c1ccccc1Cl. The maximum absolute atomic E-state index is 12.6. The lowest BCUT2D eigenvalue weighted by Gasteiger charge is -2.29. The average molecular weight is 345 g/mol. The van der Waals surface area contributed by atoms with E-state index in [9.17, 15) is 9.59 Å². The van der Waals surface area contributed by atoms with E-state index in [1.165, 1.54) is 6.08 Å². The van der Waals surface area contributed by atoms with Crippen LogP contribution in [0, 0.1) is 5.92 Å². The molecule has 124 valence electrons. The summed E-state index contributed by atoms with van der Waals surface area (Å²) in [7, 11) is 0. The predicted octanol–water partition coefficient (Wildman–Crippen LogP) is 4.25. The van der Waals surface area contributed by atoms with Gasteiger partial charge in [0, 0.05) is 10.9 Å². The molecule has 1 aromatic carbocycles. The van der Waals surface area contributed by atoms with Crippen molar-refractivity contribution in [2.24, 2.45) is 5.92 Å². The van der Waals surface area contributed by atoms with Crippen molar-refractivity contribution < 1.29 is 18.7 Å². The van der Waals surface area contributed by atoms with E-state index in [0.29, 0.717) is 17.2 Å². The lowest BCUT2D eigenvalue weighted by molar-refractivity contribution is -0.151. The van der Waals surface area contributed by atoms with Gasteiger partial charge in [0.2, 0.25) is 0 Å². The lowest BCUT2D eigenvalue weighted by atomic mass is 9.74. The number of ether oxygens (including phenoxy) is 1. The monoisotopic (exact) mass is 344 g/mol.